The highest BCUT2D eigenvalue weighted by Gasteiger charge is 2.12. The molecular formula is C9H14O2. The fourth-order valence-corrected chi connectivity index (χ4v) is 0.958. The van der Waals surface area contributed by atoms with Gasteiger partial charge in [-0.05, 0) is 5.92 Å². The van der Waals surface area contributed by atoms with Crippen LogP contribution in [-0.2, 0) is 9.53 Å². The Morgan fingerprint density at radius 2 is 2.27 bits per heavy atom. The third-order valence-electron chi connectivity index (χ3n) is 1.54. The molecule has 0 aromatic heterocycles. The predicted octanol–water partition coefficient (Wildman–Crippen LogP) is 1.91. The summed E-state index contributed by atoms with van der Waals surface area (Å²) in [5.41, 5.74) is 0. The van der Waals surface area contributed by atoms with Crippen LogP contribution < -0.4 is 0 Å². The molecule has 0 unspecified atom stereocenters. The second kappa shape index (κ2) is 3.56. The van der Waals surface area contributed by atoms with Gasteiger partial charge in [-0.3, -0.25) is 4.79 Å². The van der Waals surface area contributed by atoms with Gasteiger partial charge in [0.15, 0.2) is 5.78 Å². The molecule has 2 heteroatoms. The molecule has 0 aliphatic heterocycles. The van der Waals surface area contributed by atoms with Gasteiger partial charge in [0, 0.05) is 18.9 Å². The van der Waals surface area contributed by atoms with E-state index < -0.39 is 0 Å². The van der Waals surface area contributed by atoms with Crippen LogP contribution in [0.25, 0.3) is 0 Å². The van der Waals surface area contributed by atoms with Gasteiger partial charge in [-0.2, -0.15) is 0 Å². The molecule has 62 valence electrons. The van der Waals surface area contributed by atoms with Crippen molar-refractivity contribution < 1.29 is 9.53 Å². The lowest BCUT2D eigenvalue weighted by molar-refractivity contribution is -0.114. The summed E-state index contributed by atoms with van der Waals surface area (Å²) in [6.07, 6.45) is 3.04. The lowest BCUT2D eigenvalue weighted by atomic mass is 10.2. The van der Waals surface area contributed by atoms with Crippen molar-refractivity contribution >= 4 is 5.78 Å². The molecule has 0 N–H and O–H groups in total. The molecular weight excluding hydrogens is 140 g/mol. The zero-order chi connectivity index (χ0) is 8.27. The minimum atomic E-state index is 0.198. The predicted molar refractivity (Wildman–Crippen MR) is 43.1 cm³/mol. The van der Waals surface area contributed by atoms with Crippen molar-refractivity contribution in [3.05, 3.63) is 11.8 Å². The first-order valence-corrected chi connectivity index (χ1v) is 4.04. The summed E-state index contributed by atoms with van der Waals surface area (Å²) in [6.45, 7) is 4.91. The van der Waals surface area contributed by atoms with Gasteiger partial charge in [-0.15, -0.1) is 0 Å². The van der Waals surface area contributed by atoms with E-state index in [1.165, 1.54) is 0 Å². The summed E-state index contributed by atoms with van der Waals surface area (Å²) >= 11 is 0. The first kappa shape index (κ1) is 8.31. The Balaban J connectivity index is 2.27. The van der Waals surface area contributed by atoms with Gasteiger partial charge in [0.05, 0.1) is 12.4 Å². The van der Waals surface area contributed by atoms with Gasteiger partial charge in [-0.25, -0.2) is 0 Å². The smallest absolute Gasteiger partial charge is 0.159 e. The van der Waals surface area contributed by atoms with E-state index in [-0.39, 0.29) is 5.78 Å². The molecule has 0 amide bonds. The lowest BCUT2D eigenvalue weighted by Gasteiger charge is -2.07. The number of allylic oxidation sites excluding steroid dienone is 2. The van der Waals surface area contributed by atoms with Gasteiger partial charge in [0.1, 0.15) is 0 Å². The average molecular weight is 154 g/mol. The Kier molecular flexibility index (Phi) is 2.69. The maximum absolute atomic E-state index is 10.7. The molecule has 1 rings (SSSR count). The Hall–Kier alpha value is -0.790. The molecule has 0 saturated carbocycles. The van der Waals surface area contributed by atoms with Crippen molar-refractivity contribution in [2.75, 3.05) is 6.61 Å². The van der Waals surface area contributed by atoms with E-state index in [9.17, 15) is 4.79 Å². The van der Waals surface area contributed by atoms with E-state index in [0.29, 0.717) is 12.3 Å². The second-order valence-electron chi connectivity index (χ2n) is 3.28. The van der Waals surface area contributed by atoms with Gasteiger partial charge in [0.2, 0.25) is 0 Å². The molecule has 0 aromatic rings. The van der Waals surface area contributed by atoms with Gasteiger partial charge in [-0.1, -0.05) is 13.8 Å². The van der Waals surface area contributed by atoms with Crippen LogP contribution >= 0.6 is 0 Å². The number of hydrogen-bond donors (Lipinski definition) is 0. The third-order valence-corrected chi connectivity index (χ3v) is 1.54. The maximum Gasteiger partial charge on any atom is 0.159 e. The van der Waals surface area contributed by atoms with Crippen molar-refractivity contribution in [1.82, 2.24) is 0 Å². The van der Waals surface area contributed by atoms with Gasteiger partial charge in [0.25, 0.3) is 0 Å². The molecule has 0 saturated heterocycles. The summed E-state index contributed by atoms with van der Waals surface area (Å²) in [5.74, 6) is 1.60. The summed E-state index contributed by atoms with van der Waals surface area (Å²) in [5, 5.41) is 0. The highest BCUT2D eigenvalue weighted by atomic mass is 16.5. The van der Waals surface area contributed by atoms with Crippen LogP contribution in [-0.4, -0.2) is 12.4 Å². The monoisotopic (exact) mass is 154 g/mol. The Labute approximate surface area is 67.2 Å². The third kappa shape index (κ3) is 2.74. The fourth-order valence-electron chi connectivity index (χ4n) is 0.958. The van der Waals surface area contributed by atoms with Crippen LogP contribution in [0.4, 0.5) is 0 Å². The van der Waals surface area contributed by atoms with Crippen LogP contribution in [0.15, 0.2) is 11.8 Å². The standard InChI is InChI=1S/C9H14O2/c1-7(2)6-11-9-4-3-8(10)5-9/h5,7H,3-4,6H2,1-2H3. The van der Waals surface area contributed by atoms with E-state index in [1.807, 2.05) is 0 Å². The summed E-state index contributed by atoms with van der Waals surface area (Å²) in [7, 11) is 0. The summed E-state index contributed by atoms with van der Waals surface area (Å²) in [6, 6.07) is 0. The SMILES string of the molecule is CC(C)COC1=CC(=O)CC1. The van der Waals surface area contributed by atoms with Crippen LogP contribution in [0.3, 0.4) is 0 Å². The maximum atomic E-state index is 10.7. The minimum Gasteiger partial charge on any atom is -0.498 e. The molecule has 0 atom stereocenters. The molecule has 0 radical (unpaired) electrons. The Bertz CT molecular complexity index is 180. The normalized spacial score (nSPS) is 17.4. The molecule has 0 aromatic carbocycles. The average Bonchev–Trinajstić information content (AvgIpc) is 2.31. The fraction of sp³-hybridized carbons (Fsp3) is 0.667. The molecule has 0 bridgehead atoms. The van der Waals surface area contributed by atoms with Crippen LogP contribution in [0.1, 0.15) is 26.7 Å². The van der Waals surface area contributed by atoms with Crippen molar-refractivity contribution in [1.29, 1.82) is 0 Å². The number of rotatable bonds is 3. The van der Waals surface area contributed by atoms with E-state index in [0.717, 1.165) is 18.8 Å². The van der Waals surface area contributed by atoms with E-state index in [1.54, 1.807) is 6.08 Å². The first-order valence-electron chi connectivity index (χ1n) is 4.04. The van der Waals surface area contributed by atoms with Crippen molar-refractivity contribution in [2.24, 2.45) is 5.92 Å². The van der Waals surface area contributed by atoms with Crippen molar-refractivity contribution in [3.63, 3.8) is 0 Å². The molecule has 0 spiro atoms. The van der Waals surface area contributed by atoms with Crippen LogP contribution in [0, 0.1) is 5.92 Å². The molecule has 11 heavy (non-hydrogen) atoms. The largest absolute Gasteiger partial charge is 0.498 e. The summed E-state index contributed by atoms with van der Waals surface area (Å²) < 4.78 is 5.38. The molecule has 1 aliphatic carbocycles. The molecule has 0 fully saturated rings. The van der Waals surface area contributed by atoms with E-state index in [4.69, 9.17) is 4.74 Å². The Morgan fingerprint density at radius 3 is 2.73 bits per heavy atom. The Morgan fingerprint density at radius 1 is 1.55 bits per heavy atom. The quantitative estimate of drug-likeness (QED) is 0.620. The molecule has 1 aliphatic rings. The highest BCUT2D eigenvalue weighted by molar-refractivity contribution is 5.92. The lowest BCUT2D eigenvalue weighted by Crippen LogP contribution is -2.00. The minimum absolute atomic E-state index is 0.198. The van der Waals surface area contributed by atoms with E-state index in [2.05, 4.69) is 13.8 Å². The summed E-state index contributed by atoms with van der Waals surface area (Å²) in [4.78, 5) is 10.7. The van der Waals surface area contributed by atoms with Crippen LogP contribution in [0.5, 0.6) is 0 Å². The van der Waals surface area contributed by atoms with E-state index >= 15 is 0 Å². The molecule has 0 heterocycles. The topological polar surface area (TPSA) is 26.3 Å². The van der Waals surface area contributed by atoms with Crippen molar-refractivity contribution in [3.8, 4) is 0 Å². The number of carbonyl (C=O) groups excluding carboxylic acids is 1. The zero-order valence-electron chi connectivity index (χ0n) is 7.09. The first-order chi connectivity index (χ1) is 5.18. The molecule has 2 nitrogen and oxygen atoms in total. The zero-order valence-corrected chi connectivity index (χ0v) is 7.09. The number of ketones is 1. The number of carbonyl (C=O) groups is 1. The number of ether oxygens (including phenoxy) is 1. The highest BCUT2D eigenvalue weighted by Crippen LogP contribution is 2.16. The second-order valence-corrected chi connectivity index (χ2v) is 3.28. The van der Waals surface area contributed by atoms with Crippen molar-refractivity contribution in [2.45, 2.75) is 26.7 Å². The van der Waals surface area contributed by atoms with Gasteiger partial charge < -0.3 is 4.74 Å². The number of hydrogen-bond acceptors (Lipinski definition) is 2. The van der Waals surface area contributed by atoms with Crippen LogP contribution in [0.2, 0.25) is 0 Å². The van der Waals surface area contributed by atoms with Gasteiger partial charge >= 0.3 is 0 Å².